The van der Waals surface area contributed by atoms with Gasteiger partial charge in [0.2, 0.25) is 0 Å². The minimum atomic E-state index is -4.41. The molecule has 2 unspecified atom stereocenters. The van der Waals surface area contributed by atoms with Crippen LogP contribution in [-0.2, 0) is 32.7 Å². The van der Waals surface area contributed by atoms with Gasteiger partial charge in [-0.15, -0.1) is 0 Å². The SMILES string of the molecule is CC/C=C\C/C=C\C/C=C\C/C=C\C/C=C\C/C=C\C/C=C\C/C=C\CCCCCCCCCCCCCCC(=O)OC(COC(=O)CCCCCCCCCCCCCC/C=C\C/C=C\C/C=C\C/C=C\C/C=C\C/C=C\CC)COP(=O)(O)OCC[N+](C)(C)C. The number of quaternary nitrogens is 1. The maximum Gasteiger partial charge on any atom is 0.472 e. The van der Waals surface area contributed by atoms with Crippen molar-refractivity contribution in [3.63, 3.8) is 0 Å². The summed E-state index contributed by atoms with van der Waals surface area (Å²) in [5.41, 5.74) is 0. The van der Waals surface area contributed by atoms with E-state index in [0.717, 1.165) is 128 Å². The third-order valence-corrected chi connectivity index (χ3v) is 16.2. The molecule has 0 aromatic carbocycles. The van der Waals surface area contributed by atoms with Crippen molar-refractivity contribution in [3.05, 3.63) is 170 Å². The highest BCUT2D eigenvalue weighted by Crippen LogP contribution is 2.43. The standard InChI is InChI=1S/C82H136NO8P/c1-6-8-10-12-14-16-18-20-22-24-26-28-30-32-34-36-38-39-40-41-42-43-45-47-49-51-53-55-57-59-61-63-65-67-69-71-73-75-82(85)91-80(79-90-92(86,87)89-77-76-83(3,4)5)78-88-81(84)74-72-70-68-66-64-62-60-58-56-54-52-50-48-46-44-37-35-33-31-29-27-25-23-21-19-17-15-13-11-9-7-2/h8-11,14-17,20-23,26-29,32-35,38-39,41-42,44-47,80H,6-7,12-13,18-19,24-25,30-31,36-37,40,43,48-79H2,1-5H3/p+1/b10-8-,11-9-,16-14-,17-15-,22-20-,23-21-,28-26-,29-27-,34-32-,35-33-,39-38-,42-41-,46-44-,47-45-. The Morgan fingerprint density at radius 2 is 0.587 bits per heavy atom. The molecule has 1 N–H and O–H groups in total. The summed E-state index contributed by atoms with van der Waals surface area (Å²) < 4.78 is 34.8. The second-order valence-corrected chi connectivity index (χ2v) is 26.7. The Balaban J connectivity index is 4.08. The lowest BCUT2D eigenvalue weighted by Gasteiger charge is -2.24. The van der Waals surface area contributed by atoms with Crippen LogP contribution in [0, 0.1) is 0 Å². The minimum Gasteiger partial charge on any atom is -0.462 e. The number of likely N-dealkylation sites (N-methyl/N-ethyl adjacent to an activating group) is 1. The molecule has 2 atom stereocenters. The van der Waals surface area contributed by atoms with Crippen molar-refractivity contribution in [1.29, 1.82) is 0 Å². The Morgan fingerprint density at radius 3 is 0.870 bits per heavy atom. The molecular weight excluding hydrogens is 1160 g/mol. The van der Waals surface area contributed by atoms with E-state index in [1.54, 1.807) is 0 Å². The lowest BCUT2D eigenvalue weighted by atomic mass is 10.0. The van der Waals surface area contributed by atoms with Crippen LogP contribution in [0.2, 0.25) is 0 Å². The van der Waals surface area contributed by atoms with Crippen molar-refractivity contribution >= 4 is 19.8 Å². The van der Waals surface area contributed by atoms with Crippen molar-refractivity contribution in [3.8, 4) is 0 Å². The molecule has 0 fully saturated rings. The largest absolute Gasteiger partial charge is 0.472 e. The summed E-state index contributed by atoms with van der Waals surface area (Å²) in [4.78, 5) is 35.9. The highest BCUT2D eigenvalue weighted by atomic mass is 31.2. The van der Waals surface area contributed by atoms with E-state index < -0.39 is 26.5 Å². The van der Waals surface area contributed by atoms with Crippen LogP contribution in [0.15, 0.2) is 170 Å². The molecule has 522 valence electrons. The van der Waals surface area contributed by atoms with Gasteiger partial charge in [0.1, 0.15) is 19.8 Å². The number of allylic oxidation sites excluding steroid dienone is 28. The molecule has 0 aromatic rings. The molecule has 0 aliphatic heterocycles. The predicted octanol–water partition coefficient (Wildman–Crippen LogP) is 24.5. The highest BCUT2D eigenvalue weighted by Gasteiger charge is 2.27. The van der Waals surface area contributed by atoms with Crippen molar-refractivity contribution in [2.45, 2.75) is 290 Å². The van der Waals surface area contributed by atoms with Crippen molar-refractivity contribution in [1.82, 2.24) is 0 Å². The maximum absolute atomic E-state index is 12.9. The zero-order valence-corrected chi connectivity index (χ0v) is 60.4. The summed E-state index contributed by atoms with van der Waals surface area (Å²) in [5, 5.41) is 0. The average Bonchev–Trinajstić information content (AvgIpc) is 2.34. The fourth-order valence-electron chi connectivity index (χ4n) is 9.68. The Bertz CT molecular complexity index is 2160. The Hall–Kier alpha value is -4.63. The van der Waals surface area contributed by atoms with E-state index in [9.17, 15) is 19.0 Å². The summed E-state index contributed by atoms with van der Waals surface area (Å²) in [7, 11) is 1.46. The fraction of sp³-hybridized carbons (Fsp3) is 0.634. The monoisotopic (exact) mass is 1300 g/mol. The minimum absolute atomic E-state index is 0.0237. The molecule has 0 rings (SSSR count). The number of phosphoric ester groups is 1. The molecule has 0 saturated heterocycles. The number of phosphoric acid groups is 1. The number of carbonyl (C=O) groups is 2. The average molecular weight is 1300 g/mol. The van der Waals surface area contributed by atoms with Crippen LogP contribution in [-0.4, -0.2) is 74.9 Å². The van der Waals surface area contributed by atoms with Crippen LogP contribution in [0.5, 0.6) is 0 Å². The topological polar surface area (TPSA) is 108 Å². The zero-order valence-electron chi connectivity index (χ0n) is 59.5. The van der Waals surface area contributed by atoms with Crippen LogP contribution in [0.3, 0.4) is 0 Å². The highest BCUT2D eigenvalue weighted by molar-refractivity contribution is 7.47. The molecule has 0 bridgehead atoms. The first kappa shape index (κ1) is 87.4. The molecule has 0 radical (unpaired) electrons. The van der Waals surface area contributed by atoms with Crippen LogP contribution >= 0.6 is 7.82 Å². The van der Waals surface area contributed by atoms with Gasteiger partial charge in [0.25, 0.3) is 0 Å². The lowest BCUT2D eigenvalue weighted by Crippen LogP contribution is -2.37. The molecule has 0 spiro atoms. The van der Waals surface area contributed by atoms with Crippen molar-refractivity contribution < 1.29 is 42.1 Å². The molecule has 0 amide bonds. The maximum atomic E-state index is 12.9. The first-order chi connectivity index (χ1) is 45.0. The second-order valence-electron chi connectivity index (χ2n) is 25.2. The summed E-state index contributed by atoms with van der Waals surface area (Å²) in [6, 6.07) is 0. The van der Waals surface area contributed by atoms with Crippen molar-refractivity contribution in [2.75, 3.05) is 47.5 Å². The number of nitrogens with zero attached hydrogens (tertiary/aromatic N) is 1. The van der Waals surface area contributed by atoms with Gasteiger partial charge >= 0.3 is 19.8 Å². The third-order valence-electron chi connectivity index (χ3n) is 15.2. The summed E-state index contributed by atoms with van der Waals surface area (Å²) in [6.07, 6.45) is 107. The van der Waals surface area contributed by atoms with Gasteiger partial charge in [-0.3, -0.25) is 18.6 Å². The molecular formula is C82H137NO8P+. The van der Waals surface area contributed by atoms with Gasteiger partial charge < -0.3 is 18.9 Å². The predicted molar refractivity (Wildman–Crippen MR) is 399 cm³/mol. The van der Waals surface area contributed by atoms with Gasteiger partial charge in [-0.2, -0.15) is 0 Å². The van der Waals surface area contributed by atoms with E-state index in [1.165, 1.54) is 122 Å². The number of esters is 2. The van der Waals surface area contributed by atoms with Gasteiger partial charge in [0.05, 0.1) is 27.7 Å². The van der Waals surface area contributed by atoms with Crippen LogP contribution in [0.1, 0.15) is 284 Å². The van der Waals surface area contributed by atoms with Crippen LogP contribution in [0.4, 0.5) is 0 Å². The van der Waals surface area contributed by atoms with E-state index in [0.29, 0.717) is 17.4 Å². The van der Waals surface area contributed by atoms with Gasteiger partial charge in [0.15, 0.2) is 6.10 Å². The quantitative estimate of drug-likeness (QED) is 0.0211. The molecule has 0 aliphatic carbocycles. The number of ether oxygens (including phenoxy) is 2. The number of unbranched alkanes of at least 4 members (excludes halogenated alkanes) is 24. The normalized spacial score (nSPS) is 14.1. The van der Waals surface area contributed by atoms with E-state index in [4.69, 9.17) is 18.5 Å². The van der Waals surface area contributed by atoms with Gasteiger partial charge in [0, 0.05) is 12.8 Å². The Morgan fingerprint density at radius 1 is 0.337 bits per heavy atom. The van der Waals surface area contributed by atoms with Crippen LogP contribution in [0.25, 0.3) is 0 Å². The Kier molecular flexibility index (Phi) is 67.1. The molecule has 0 heterocycles. The molecule has 0 aliphatic rings. The van der Waals surface area contributed by atoms with E-state index in [-0.39, 0.29) is 32.0 Å². The molecule has 9 nitrogen and oxygen atoms in total. The molecule has 10 heteroatoms. The van der Waals surface area contributed by atoms with Crippen LogP contribution < -0.4 is 0 Å². The van der Waals surface area contributed by atoms with E-state index in [2.05, 4.69) is 184 Å². The number of hydrogen-bond acceptors (Lipinski definition) is 7. The first-order valence-corrected chi connectivity index (χ1v) is 38.4. The third kappa shape index (κ3) is 74.4. The van der Waals surface area contributed by atoms with Gasteiger partial charge in [-0.05, 0) is 128 Å². The van der Waals surface area contributed by atoms with Gasteiger partial charge in [-0.1, -0.05) is 312 Å². The van der Waals surface area contributed by atoms with E-state index in [1.807, 2.05) is 21.1 Å². The smallest absolute Gasteiger partial charge is 0.462 e. The molecule has 92 heavy (non-hydrogen) atoms. The second kappa shape index (κ2) is 70.7. The lowest BCUT2D eigenvalue weighted by molar-refractivity contribution is -0.870. The van der Waals surface area contributed by atoms with E-state index >= 15 is 0 Å². The molecule has 0 aromatic heterocycles. The van der Waals surface area contributed by atoms with Gasteiger partial charge in [-0.25, -0.2) is 4.57 Å². The zero-order chi connectivity index (χ0) is 66.9. The number of carbonyl (C=O) groups excluding carboxylic acids is 2. The summed E-state index contributed by atoms with van der Waals surface area (Å²) in [5.74, 6) is -0.806. The number of hydrogen-bond donors (Lipinski definition) is 1. The van der Waals surface area contributed by atoms with Crippen molar-refractivity contribution in [2.24, 2.45) is 0 Å². The summed E-state index contributed by atoms with van der Waals surface area (Å²) in [6.45, 7) is 4.20. The number of rotatable bonds is 66. The first-order valence-electron chi connectivity index (χ1n) is 36.9. The fourth-order valence-corrected chi connectivity index (χ4v) is 10.4. The Labute approximate surface area is 566 Å². The summed E-state index contributed by atoms with van der Waals surface area (Å²) >= 11 is 0. The molecule has 0 saturated carbocycles.